The molecule has 2 nitrogen and oxygen atoms in total. The summed E-state index contributed by atoms with van der Waals surface area (Å²) < 4.78 is 0. The van der Waals surface area contributed by atoms with Gasteiger partial charge in [-0.15, -0.1) is 11.3 Å². The van der Waals surface area contributed by atoms with Crippen molar-refractivity contribution in [1.29, 1.82) is 0 Å². The van der Waals surface area contributed by atoms with Crippen molar-refractivity contribution in [2.45, 2.75) is 6.92 Å². The minimum absolute atomic E-state index is 0.405. The molecule has 0 N–H and O–H groups in total. The summed E-state index contributed by atoms with van der Waals surface area (Å²) in [7, 11) is 0. The van der Waals surface area contributed by atoms with E-state index in [1.165, 1.54) is 11.3 Å². The number of carbonyl (C=O) groups excluding carboxylic acids is 2. The Morgan fingerprint density at radius 2 is 2.09 bits per heavy atom. The van der Waals surface area contributed by atoms with E-state index in [9.17, 15) is 9.59 Å². The fourth-order valence-corrected chi connectivity index (χ4v) is 1.62. The zero-order chi connectivity index (χ0) is 8.43. The van der Waals surface area contributed by atoms with Gasteiger partial charge in [0.15, 0.2) is 0 Å². The molecule has 0 aliphatic heterocycles. The van der Waals surface area contributed by atoms with Gasteiger partial charge < -0.3 is 0 Å². The lowest BCUT2D eigenvalue weighted by atomic mass is 10.3. The van der Waals surface area contributed by atoms with Gasteiger partial charge in [-0.3, -0.25) is 9.59 Å². The van der Waals surface area contributed by atoms with E-state index in [1.807, 2.05) is 6.92 Å². The maximum atomic E-state index is 10.9. The predicted molar refractivity (Wildman–Crippen MR) is 44.2 cm³/mol. The lowest BCUT2D eigenvalue weighted by Crippen LogP contribution is -2.04. The smallest absolute Gasteiger partial charge is 0.283 e. The van der Waals surface area contributed by atoms with Gasteiger partial charge in [-0.25, -0.2) is 0 Å². The molecule has 0 saturated carbocycles. The van der Waals surface area contributed by atoms with E-state index in [4.69, 9.17) is 11.6 Å². The largest absolute Gasteiger partial charge is 0.294 e. The zero-order valence-corrected chi connectivity index (χ0v) is 7.33. The molecule has 0 bridgehead atoms. The Kier molecular flexibility index (Phi) is 2.42. The molecule has 11 heavy (non-hydrogen) atoms. The van der Waals surface area contributed by atoms with Crippen LogP contribution in [0.4, 0.5) is 0 Å². The first-order chi connectivity index (χ1) is 5.11. The summed E-state index contributed by atoms with van der Waals surface area (Å²) in [5, 5.41) is -0.924. The maximum absolute atomic E-state index is 10.9. The topological polar surface area (TPSA) is 34.1 Å². The average molecular weight is 189 g/mol. The lowest BCUT2D eigenvalue weighted by molar-refractivity contribution is -0.108. The van der Waals surface area contributed by atoms with E-state index >= 15 is 0 Å². The number of Topliss-reactive ketones (excluding diaryl/α,β-unsaturated/α-hetero) is 1. The monoisotopic (exact) mass is 188 g/mol. The van der Waals surface area contributed by atoms with Gasteiger partial charge in [0, 0.05) is 4.88 Å². The Bertz CT molecular complexity index is 303. The van der Waals surface area contributed by atoms with Crippen molar-refractivity contribution in [1.82, 2.24) is 0 Å². The summed E-state index contributed by atoms with van der Waals surface area (Å²) in [4.78, 5) is 22.7. The first kappa shape index (κ1) is 8.43. The van der Waals surface area contributed by atoms with Crippen LogP contribution in [0.5, 0.6) is 0 Å². The molecular formula is C7H5ClO2S. The molecule has 0 aliphatic rings. The molecule has 58 valence electrons. The fraction of sp³-hybridized carbons (Fsp3) is 0.143. The lowest BCUT2D eigenvalue weighted by Gasteiger charge is -1.85. The van der Waals surface area contributed by atoms with Crippen molar-refractivity contribution < 1.29 is 9.59 Å². The van der Waals surface area contributed by atoms with Crippen molar-refractivity contribution in [3.8, 4) is 0 Å². The van der Waals surface area contributed by atoms with E-state index in [0.717, 1.165) is 4.88 Å². The highest BCUT2D eigenvalue weighted by atomic mass is 35.5. The van der Waals surface area contributed by atoms with Crippen LogP contribution in [0.15, 0.2) is 12.1 Å². The van der Waals surface area contributed by atoms with Crippen molar-refractivity contribution in [3.05, 3.63) is 21.9 Å². The van der Waals surface area contributed by atoms with Crippen molar-refractivity contribution in [2.75, 3.05) is 0 Å². The van der Waals surface area contributed by atoms with Crippen LogP contribution in [-0.4, -0.2) is 11.0 Å². The summed E-state index contributed by atoms with van der Waals surface area (Å²) in [6, 6.07) is 3.38. The quantitative estimate of drug-likeness (QED) is 0.404. The molecule has 0 aliphatic carbocycles. The zero-order valence-electron chi connectivity index (χ0n) is 5.76. The molecule has 0 spiro atoms. The number of hydrogen-bond donors (Lipinski definition) is 0. The second kappa shape index (κ2) is 3.15. The van der Waals surface area contributed by atoms with E-state index in [1.54, 1.807) is 12.1 Å². The van der Waals surface area contributed by atoms with Crippen molar-refractivity contribution in [2.24, 2.45) is 0 Å². The van der Waals surface area contributed by atoms with Gasteiger partial charge in [0.25, 0.3) is 11.0 Å². The van der Waals surface area contributed by atoms with Crippen LogP contribution < -0.4 is 0 Å². The van der Waals surface area contributed by atoms with Gasteiger partial charge in [0.05, 0.1) is 4.88 Å². The van der Waals surface area contributed by atoms with E-state index in [0.29, 0.717) is 4.88 Å². The van der Waals surface area contributed by atoms with Gasteiger partial charge in [0.1, 0.15) is 0 Å². The second-order valence-corrected chi connectivity index (χ2v) is 3.64. The van der Waals surface area contributed by atoms with Crippen LogP contribution in [0, 0.1) is 6.92 Å². The Balaban J connectivity index is 2.94. The summed E-state index contributed by atoms with van der Waals surface area (Å²) in [5.74, 6) is -0.621. The molecule has 0 amide bonds. The number of ketones is 1. The molecule has 1 rings (SSSR count). The molecule has 0 atom stereocenters. The molecule has 0 fully saturated rings. The molecule has 0 aromatic carbocycles. The highest BCUT2D eigenvalue weighted by molar-refractivity contribution is 7.15. The Morgan fingerprint density at radius 3 is 2.45 bits per heavy atom. The number of hydrogen-bond acceptors (Lipinski definition) is 3. The highest BCUT2D eigenvalue weighted by Crippen LogP contribution is 2.16. The van der Waals surface area contributed by atoms with Crippen LogP contribution in [-0.2, 0) is 4.79 Å². The molecule has 0 radical (unpaired) electrons. The van der Waals surface area contributed by atoms with Crippen LogP contribution >= 0.6 is 22.9 Å². The number of carbonyl (C=O) groups is 2. The first-order valence-electron chi connectivity index (χ1n) is 2.92. The van der Waals surface area contributed by atoms with Crippen molar-refractivity contribution >= 4 is 34.0 Å². The Morgan fingerprint density at radius 1 is 1.45 bits per heavy atom. The molecule has 1 aromatic heterocycles. The standard InChI is InChI=1S/C7H5ClO2S/c1-4-2-3-5(11-4)6(9)7(8)10/h2-3H,1H3. The molecule has 4 heteroatoms. The number of thiophene rings is 1. The summed E-state index contributed by atoms with van der Waals surface area (Å²) in [6.07, 6.45) is 0. The third-order valence-electron chi connectivity index (χ3n) is 1.14. The Labute approximate surface area is 72.8 Å². The SMILES string of the molecule is Cc1ccc(C(=O)C(=O)Cl)s1. The minimum Gasteiger partial charge on any atom is -0.283 e. The number of aryl methyl sites for hydroxylation is 1. The second-order valence-electron chi connectivity index (χ2n) is 2.01. The van der Waals surface area contributed by atoms with E-state index in [-0.39, 0.29) is 0 Å². The fourth-order valence-electron chi connectivity index (χ4n) is 0.653. The van der Waals surface area contributed by atoms with Crippen LogP contribution in [0.1, 0.15) is 14.5 Å². The summed E-state index contributed by atoms with van der Waals surface area (Å²) in [5.41, 5.74) is 0. The normalized spacial score (nSPS) is 9.64. The average Bonchev–Trinajstić information content (AvgIpc) is 2.34. The summed E-state index contributed by atoms with van der Waals surface area (Å²) in [6.45, 7) is 1.86. The molecule has 1 aromatic rings. The molecule has 0 saturated heterocycles. The highest BCUT2D eigenvalue weighted by Gasteiger charge is 2.14. The van der Waals surface area contributed by atoms with Gasteiger partial charge in [0.2, 0.25) is 0 Å². The predicted octanol–water partition coefficient (Wildman–Crippen LogP) is 2.00. The maximum Gasteiger partial charge on any atom is 0.294 e. The van der Waals surface area contributed by atoms with E-state index in [2.05, 4.69) is 0 Å². The third-order valence-corrected chi connectivity index (χ3v) is 2.31. The molecule has 1 heterocycles. The van der Waals surface area contributed by atoms with E-state index < -0.39 is 11.0 Å². The number of rotatable bonds is 2. The molecule has 0 unspecified atom stereocenters. The van der Waals surface area contributed by atoms with Crippen LogP contribution in [0.25, 0.3) is 0 Å². The summed E-state index contributed by atoms with van der Waals surface area (Å²) >= 11 is 6.26. The van der Waals surface area contributed by atoms with Gasteiger partial charge >= 0.3 is 0 Å². The third kappa shape index (κ3) is 1.88. The first-order valence-corrected chi connectivity index (χ1v) is 4.11. The van der Waals surface area contributed by atoms with Crippen LogP contribution in [0.2, 0.25) is 0 Å². The van der Waals surface area contributed by atoms with Gasteiger partial charge in [-0.1, -0.05) is 0 Å². The minimum atomic E-state index is -0.924. The van der Waals surface area contributed by atoms with Gasteiger partial charge in [-0.2, -0.15) is 0 Å². The molecular weight excluding hydrogens is 184 g/mol. The number of halogens is 1. The van der Waals surface area contributed by atoms with Crippen LogP contribution in [0.3, 0.4) is 0 Å². The van der Waals surface area contributed by atoms with Crippen molar-refractivity contribution in [3.63, 3.8) is 0 Å². The Hall–Kier alpha value is -0.670. The van der Waals surface area contributed by atoms with Gasteiger partial charge in [-0.05, 0) is 30.7 Å².